The van der Waals surface area contributed by atoms with Gasteiger partial charge in [-0.3, -0.25) is 4.79 Å². The molecule has 0 saturated carbocycles. The third-order valence-electron chi connectivity index (χ3n) is 2.33. The summed E-state index contributed by atoms with van der Waals surface area (Å²) in [5, 5.41) is 2.83. The van der Waals surface area contributed by atoms with Crippen LogP contribution in [0.25, 0.3) is 0 Å². The maximum absolute atomic E-state index is 11.3. The van der Waals surface area contributed by atoms with Crippen molar-refractivity contribution < 1.29 is 4.79 Å². The van der Waals surface area contributed by atoms with Crippen molar-refractivity contribution in [3.05, 3.63) is 47.0 Å². The highest BCUT2D eigenvalue weighted by molar-refractivity contribution is 5.92. The predicted octanol–water partition coefficient (Wildman–Crippen LogP) is 2.50. The first-order valence-electron chi connectivity index (χ1n) is 5.00. The van der Waals surface area contributed by atoms with Crippen LogP contribution in [0.1, 0.15) is 23.6 Å². The fraction of sp³-hybridized carbons (Fsp3) is 0.308. The normalized spacial score (nSPS) is 9.80. The second kappa shape index (κ2) is 4.78. The smallest absolute Gasteiger partial charge is 0.246 e. The van der Waals surface area contributed by atoms with Gasteiger partial charge in [0.15, 0.2) is 0 Å². The number of carbonyl (C=O) groups excluding carboxylic acids is 1. The first-order valence-corrected chi connectivity index (χ1v) is 5.00. The van der Waals surface area contributed by atoms with Crippen LogP contribution in [0.2, 0.25) is 0 Å². The Morgan fingerprint density at radius 2 is 2.07 bits per heavy atom. The Morgan fingerprint density at radius 3 is 2.67 bits per heavy atom. The van der Waals surface area contributed by atoms with E-state index in [9.17, 15) is 4.79 Å². The molecule has 0 aliphatic carbocycles. The molecule has 1 amide bonds. The van der Waals surface area contributed by atoms with E-state index >= 15 is 0 Å². The second-order valence-electron chi connectivity index (χ2n) is 3.89. The number of hydrogen-bond donors (Lipinski definition) is 1. The number of hydrogen-bond acceptors (Lipinski definition) is 1. The Bertz CT molecular complexity index is 394. The molecule has 0 aliphatic heterocycles. The molecule has 0 saturated heterocycles. The van der Waals surface area contributed by atoms with Crippen LogP contribution >= 0.6 is 0 Å². The van der Waals surface area contributed by atoms with Crippen molar-refractivity contribution in [2.24, 2.45) is 0 Å². The number of aryl methyl sites for hydroxylation is 2. The third-order valence-corrected chi connectivity index (χ3v) is 2.33. The predicted molar refractivity (Wildman–Crippen MR) is 62.6 cm³/mol. The SMILES string of the molecule is C=C(C)C(=O)NCc1cc(C)ccc1C. The highest BCUT2D eigenvalue weighted by Gasteiger charge is 2.03. The molecule has 0 atom stereocenters. The maximum Gasteiger partial charge on any atom is 0.246 e. The van der Waals surface area contributed by atoms with E-state index in [0.717, 1.165) is 5.56 Å². The molecule has 0 heterocycles. The van der Waals surface area contributed by atoms with Gasteiger partial charge in [0, 0.05) is 12.1 Å². The van der Waals surface area contributed by atoms with Crippen LogP contribution in [0.3, 0.4) is 0 Å². The Hall–Kier alpha value is -1.57. The van der Waals surface area contributed by atoms with Crippen molar-refractivity contribution in [1.29, 1.82) is 0 Å². The number of benzene rings is 1. The van der Waals surface area contributed by atoms with E-state index in [4.69, 9.17) is 0 Å². The van der Waals surface area contributed by atoms with Crippen LogP contribution in [0.5, 0.6) is 0 Å². The molecule has 80 valence electrons. The first kappa shape index (κ1) is 11.5. The fourth-order valence-electron chi connectivity index (χ4n) is 1.32. The van der Waals surface area contributed by atoms with Crippen LogP contribution in [0.15, 0.2) is 30.4 Å². The van der Waals surface area contributed by atoms with Gasteiger partial charge in [0.1, 0.15) is 0 Å². The van der Waals surface area contributed by atoms with Gasteiger partial charge in [-0.05, 0) is 31.9 Å². The van der Waals surface area contributed by atoms with Crippen molar-refractivity contribution in [2.45, 2.75) is 27.3 Å². The summed E-state index contributed by atoms with van der Waals surface area (Å²) in [6.45, 7) is 9.96. The molecule has 2 heteroatoms. The number of carbonyl (C=O) groups is 1. The van der Waals surface area contributed by atoms with Crippen LogP contribution in [0.4, 0.5) is 0 Å². The van der Waals surface area contributed by atoms with Gasteiger partial charge in [0.05, 0.1) is 0 Å². The summed E-state index contributed by atoms with van der Waals surface area (Å²) in [4.78, 5) is 11.3. The Kier molecular flexibility index (Phi) is 3.67. The Morgan fingerprint density at radius 1 is 1.40 bits per heavy atom. The molecule has 0 aromatic heterocycles. The molecular formula is C13H17NO. The minimum Gasteiger partial charge on any atom is -0.348 e. The van der Waals surface area contributed by atoms with E-state index < -0.39 is 0 Å². The summed E-state index contributed by atoms with van der Waals surface area (Å²) < 4.78 is 0. The highest BCUT2D eigenvalue weighted by Crippen LogP contribution is 2.10. The summed E-state index contributed by atoms with van der Waals surface area (Å²) in [6.07, 6.45) is 0. The first-order chi connectivity index (χ1) is 7.00. The van der Waals surface area contributed by atoms with Crippen LogP contribution in [-0.4, -0.2) is 5.91 Å². The molecule has 0 bridgehead atoms. The molecule has 0 unspecified atom stereocenters. The van der Waals surface area contributed by atoms with Gasteiger partial charge in [-0.25, -0.2) is 0 Å². The lowest BCUT2D eigenvalue weighted by atomic mass is 10.1. The van der Waals surface area contributed by atoms with Gasteiger partial charge in [-0.15, -0.1) is 0 Å². The van der Waals surface area contributed by atoms with E-state index in [0.29, 0.717) is 12.1 Å². The summed E-state index contributed by atoms with van der Waals surface area (Å²) in [5.41, 5.74) is 4.10. The molecule has 1 aromatic rings. The van der Waals surface area contributed by atoms with Gasteiger partial charge in [-0.1, -0.05) is 30.3 Å². The minimum atomic E-state index is -0.0871. The van der Waals surface area contributed by atoms with Gasteiger partial charge >= 0.3 is 0 Å². The van der Waals surface area contributed by atoms with Crippen LogP contribution < -0.4 is 5.32 Å². The lowest BCUT2D eigenvalue weighted by Gasteiger charge is -2.08. The van der Waals surface area contributed by atoms with Gasteiger partial charge in [-0.2, -0.15) is 0 Å². The van der Waals surface area contributed by atoms with E-state index in [-0.39, 0.29) is 5.91 Å². The van der Waals surface area contributed by atoms with Crippen LogP contribution in [-0.2, 0) is 11.3 Å². The number of nitrogens with one attached hydrogen (secondary N) is 1. The minimum absolute atomic E-state index is 0.0871. The van der Waals surface area contributed by atoms with E-state index in [2.05, 4.69) is 30.1 Å². The molecule has 0 aliphatic rings. The lowest BCUT2D eigenvalue weighted by Crippen LogP contribution is -2.23. The number of amides is 1. The highest BCUT2D eigenvalue weighted by atomic mass is 16.1. The topological polar surface area (TPSA) is 29.1 Å². The summed E-state index contributed by atoms with van der Waals surface area (Å²) in [6, 6.07) is 6.23. The molecule has 15 heavy (non-hydrogen) atoms. The van der Waals surface area contributed by atoms with E-state index in [1.165, 1.54) is 11.1 Å². The molecule has 1 rings (SSSR count). The van der Waals surface area contributed by atoms with Gasteiger partial charge < -0.3 is 5.32 Å². The summed E-state index contributed by atoms with van der Waals surface area (Å²) in [7, 11) is 0. The molecule has 2 nitrogen and oxygen atoms in total. The molecule has 1 N–H and O–H groups in total. The number of rotatable bonds is 3. The van der Waals surface area contributed by atoms with Gasteiger partial charge in [0.2, 0.25) is 5.91 Å². The molecule has 0 radical (unpaired) electrons. The van der Waals surface area contributed by atoms with Crippen molar-refractivity contribution in [1.82, 2.24) is 5.32 Å². The quantitative estimate of drug-likeness (QED) is 0.751. The second-order valence-corrected chi connectivity index (χ2v) is 3.89. The van der Waals surface area contributed by atoms with Gasteiger partial charge in [0.25, 0.3) is 0 Å². The standard InChI is InChI=1S/C13H17NO/c1-9(2)13(15)14-8-12-7-10(3)5-6-11(12)4/h5-7H,1,8H2,2-4H3,(H,14,15). The Balaban J connectivity index is 2.69. The van der Waals surface area contributed by atoms with Crippen LogP contribution in [0, 0.1) is 13.8 Å². The lowest BCUT2D eigenvalue weighted by molar-refractivity contribution is -0.117. The molecule has 0 spiro atoms. The molecule has 0 fully saturated rings. The monoisotopic (exact) mass is 203 g/mol. The molecule has 1 aromatic carbocycles. The largest absolute Gasteiger partial charge is 0.348 e. The maximum atomic E-state index is 11.3. The zero-order chi connectivity index (χ0) is 11.4. The zero-order valence-electron chi connectivity index (χ0n) is 9.55. The zero-order valence-corrected chi connectivity index (χ0v) is 9.55. The summed E-state index contributed by atoms with van der Waals surface area (Å²) >= 11 is 0. The summed E-state index contributed by atoms with van der Waals surface area (Å²) in [5.74, 6) is -0.0871. The van der Waals surface area contributed by atoms with Crippen molar-refractivity contribution in [2.75, 3.05) is 0 Å². The van der Waals surface area contributed by atoms with E-state index in [1.54, 1.807) is 6.92 Å². The van der Waals surface area contributed by atoms with Crippen molar-refractivity contribution in [3.63, 3.8) is 0 Å². The Labute approximate surface area is 91.0 Å². The molecular weight excluding hydrogens is 186 g/mol. The fourth-order valence-corrected chi connectivity index (χ4v) is 1.32. The average molecular weight is 203 g/mol. The van der Waals surface area contributed by atoms with Crippen molar-refractivity contribution in [3.8, 4) is 0 Å². The third kappa shape index (κ3) is 3.24. The van der Waals surface area contributed by atoms with Crippen molar-refractivity contribution >= 4 is 5.91 Å². The average Bonchev–Trinajstić information content (AvgIpc) is 2.18. The van der Waals surface area contributed by atoms with E-state index in [1.807, 2.05) is 13.8 Å².